The summed E-state index contributed by atoms with van der Waals surface area (Å²) in [6.07, 6.45) is 6.35. The number of hydrogen-bond donors (Lipinski definition) is 1. The van der Waals surface area contributed by atoms with Gasteiger partial charge in [0.25, 0.3) is 0 Å². The Hall–Kier alpha value is -2.46. The molecule has 3 aromatic rings. The summed E-state index contributed by atoms with van der Waals surface area (Å²) < 4.78 is 8.96. The number of nitrogens with one attached hydrogen (secondary N) is 1. The number of fused-ring (bicyclic) bond motifs is 1. The Balaban J connectivity index is 1.53. The third-order valence-electron chi connectivity index (χ3n) is 5.25. The maximum atomic E-state index is 12.8. The molecule has 1 aliphatic rings. The predicted molar refractivity (Wildman–Crippen MR) is 111 cm³/mol. The van der Waals surface area contributed by atoms with Crippen LogP contribution < -0.4 is 5.32 Å². The Bertz CT molecular complexity index is 960. The van der Waals surface area contributed by atoms with Crippen molar-refractivity contribution in [1.29, 1.82) is 0 Å². The molecule has 3 aromatic heterocycles. The molecule has 9 nitrogen and oxygen atoms in total. The van der Waals surface area contributed by atoms with Crippen molar-refractivity contribution in [2.24, 2.45) is 5.92 Å². The number of nitrogens with zero attached hydrogens (tertiary/aromatic N) is 6. The molecule has 2 atom stereocenters. The number of anilines is 1. The highest BCUT2D eigenvalue weighted by Gasteiger charge is 2.41. The van der Waals surface area contributed by atoms with Crippen LogP contribution in [0.15, 0.2) is 18.6 Å². The first-order valence-electron chi connectivity index (χ1n) is 9.85. The fourth-order valence-corrected chi connectivity index (χ4v) is 4.67. The third kappa shape index (κ3) is 3.99. The first kappa shape index (κ1) is 19.8. The molecular weight excluding hydrogens is 390 g/mol. The summed E-state index contributed by atoms with van der Waals surface area (Å²) in [6, 6.07) is 0.254. The van der Waals surface area contributed by atoms with E-state index in [0.29, 0.717) is 26.1 Å². The van der Waals surface area contributed by atoms with E-state index in [4.69, 9.17) is 4.74 Å². The second kappa shape index (κ2) is 8.11. The molecule has 29 heavy (non-hydrogen) atoms. The van der Waals surface area contributed by atoms with Crippen molar-refractivity contribution < 1.29 is 9.53 Å². The molecule has 1 aliphatic heterocycles. The summed E-state index contributed by atoms with van der Waals surface area (Å²) >= 11 is 1.52. The lowest BCUT2D eigenvalue weighted by Gasteiger charge is -2.27. The highest BCUT2D eigenvalue weighted by molar-refractivity contribution is 7.20. The summed E-state index contributed by atoms with van der Waals surface area (Å²) in [4.78, 5) is 20.0. The normalized spacial score (nSPS) is 19.8. The second-order valence-corrected chi connectivity index (χ2v) is 8.69. The number of methoxy groups -OCH3 is 1. The van der Waals surface area contributed by atoms with Crippen molar-refractivity contribution in [1.82, 2.24) is 29.3 Å². The molecule has 4 heterocycles. The zero-order chi connectivity index (χ0) is 20.5. The monoisotopic (exact) mass is 417 g/mol. The zero-order valence-electron chi connectivity index (χ0n) is 17.2. The van der Waals surface area contributed by atoms with Gasteiger partial charge >= 0.3 is 0 Å². The number of carbonyl (C=O) groups excluding carboxylic acids is 1. The number of hydrogen-bond acceptors (Lipinski definition) is 7. The summed E-state index contributed by atoms with van der Waals surface area (Å²) in [6.45, 7) is 7.90. The van der Waals surface area contributed by atoms with Crippen LogP contribution >= 0.6 is 11.3 Å². The van der Waals surface area contributed by atoms with Gasteiger partial charge in [-0.15, -0.1) is 5.10 Å². The van der Waals surface area contributed by atoms with E-state index < -0.39 is 0 Å². The van der Waals surface area contributed by atoms with E-state index in [1.807, 2.05) is 28.9 Å². The number of amides is 1. The zero-order valence-corrected chi connectivity index (χ0v) is 18.0. The van der Waals surface area contributed by atoms with E-state index >= 15 is 0 Å². The first-order chi connectivity index (χ1) is 14.0. The number of ether oxygens (including phenoxy) is 1. The molecule has 0 saturated carbocycles. The van der Waals surface area contributed by atoms with Crippen molar-refractivity contribution in [3.8, 4) is 0 Å². The fourth-order valence-electron chi connectivity index (χ4n) is 3.84. The average Bonchev–Trinajstić information content (AvgIpc) is 3.40. The van der Waals surface area contributed by atoms with Crippen molar-refractivity contribution in [3.63, 3.8) is 0 Å². The number of aromatic nitrogens is 5. The molecule has 1 amide bonds. The van der Waals surface area contributed by atoms with Crippen molar-refractivity contribution >= 4 is 27.3 Å². The summed E-state index contributed by atoms with van der Waals surface area (Å²) in [5.74, 6) is 0.280. The molecule has 1 fully saturated rings. The van der Waals surface area contributed by atoms with Gasteiger partial charge < -0.3 is 15.0 Å². The smallest absolute Gasteiger partial charge is 0.223 e. The van der Waals surface area contributed by atoms with Gasteiger partial charge in [-0.05, 0) is 20.8 Å². The van der Waals surface area contributed by atoms with Gasteiger partial charge in [-0.2, -0.15) is 5.10 Å². The lowest BCUT2D eigenvalue weighted by Crippen LogP contribution is -2.33. The topological polar surface area (TPSA) is 89.6 Å². The van der Waals surface area contributed by atoms with Crippen LogP contribution in [-0.2, 0) is 9.53 Å². The van der Waals surface area contributed by atoms with Gasteiger partial charge in [0.05, 0.1) is 30.7 Å². The van der Waals surface area contributed by atoms with Crippen molar-refractivity contribution in [2.75, 3.05) is 32.1 Å². The number of imidazole rings is 1. The summed E-state index contributed by atoms with van der Waals surface area (Å²) in [5, 5.41) is 13.3. The molecule has 0 bridgehead atoms. The predicted octanol–water partition coefficient (Wildman–Crippen LogP) is 2.52. The standard InChI is InChI=1S/C19H27N7O2S/c1-12(2)25-11-15(9-21-25)17-14(7-16(27)24(17)5-6-28-4)8-20-18-23-26-10-13(3)22-19(26)29-18/h9-12,14,17H,5-8H2,1-4H3,(H,20,23)/t14-,17+/m0/s1. The molecule has 1 N–H and O–H groups in total. The molecule has 0 radical (unpaired) electrons. The quantitative estimate of drug-likeness (QED) is 0.606. The van der Waals surface area contributed by atoms with Crippen LogP contribution in [-0.4, -0.2) is 62.0 Å². The molecule has 0 spiro atoms. The minimum absolute atomic E-state index is 0.0241. The number of likely N-dealkylation sites (tertiary alicyclic amines) is 1. The van der Waals surface area contributed by atoms with Crippen molar-refractivity contribution in [2.45, 2.75) is 39.3 Å². The maximum Gasteiger partial charge on any atom is 0.223 e. The fraction of sp³-hybridized carbons (Fsp3) is 0.579. The van der Waals surface area contributed by atoms with Crippen LogP contribution in [0.4, 0.5) is 5.13 Å². The van der Waals surface area contributed by atoms with E-state index in [2.05, 4.69) is 40.5 Å². The SMILES string of the molecule is COCCN1C(=O)C[C@@H](CNc2nn3cc(C)nc3s2)[C@@H]1c1cnn(C(C)C)c1. The average molecular weight is 418 g/mol. The number of aryl methyl sites for hydroxylation is 1. The molecule has 4 rings (SSSR count). The Morgan fingerprint density at radius 1 is 1.38 bits per heavy atom. The second-order valence-electron chi connectivity index (χ2n) is 7.73. The van der Waals surface area contributed by atoms with Gasteiger partial charge in [-0.3, -0.25) is 9.48 Å². The van der Waals surface area contributed by atoms with Crippen LogP contribution in [0.1, 0.15) is 43.6 Å². The van der Waals surface area contributed by atoms with E-state index in [1.54, 1.807) is 11.6 Å². The van der Waals surface area contributed by atoms with Gasteiger partial charge in [-0.25, -0.2) is 9.50 Å². The number of rotatable bonds is 8. The Kier molecular flexibility index (Phi) is 5.55. The van der Waals surface area contributed by atoms with Gasteiger partial charge in [0.2, 0.25) is 16.0 Å². The van der Waals surface area contributed by atoms with Crippen LogP contribution in [0.5, 0.6) is 0 Å². The minimum atomic E-state index is -0.0241. The van der Waals surface area contributed by atoms with E-state index in [-0.39, 0.29) is 23.9 Å². The Morgan fingerprint density at radius 3 is 2.90 bits per heavy atom. The summed E-state index contributed by atoms with van der Waals surface area (Å²) in [7, 11) is 1.66. The van der Waals surface area contributed by atoms with Gasteiger partial charge in [0.1, 0.15) is 0 Å². The Labute approximate surface area is 173 Å². The van der Waals surface area contributed by atoms with Crippen molar-refractivity contribution in [3.05, 3.63) is 29.8 Å². The lowest BCUT2D eigenvalue weighted by molar-refractivity contribution is -0.129. The molecule has 0 unspecified atom stereocenters. The van der Waals surface area contributed by atoms with Crippen LogP contribution in [0, 0.1) is 12.8 Å². The molecular formula is C19H27N7O2S. The Morgan fingerprint density at radius 2 is 2.21 bits per heavy atom. The minimum Gasteiger partial charge on any atom is -0.383 e. The first-order valence-corrected chi connectivity index (χ1v) is 10.7. The van der Waals surface area contributed by atoms with E-state index in [0.717, 1.165) is 21.3 Å². The number of carbonyl (C=O) groups is 1. The third-order valence-corrected chi connectivity index (χ3v) is 6.13. The maximum absolute atomic E-state index is 12.8. The molecule has 0 aliphatic carbocycles. The highest BCUT2D eigenvalue weighted by Crippen LogP contribution is 2.38. The van der Waals surface area contributed by atoms with Gasteiger partial charge in [0.15, 0.2) is 0 Å². The van der Waals surface area contributed by atoms with Gasteiger partial charge in [-0.1, -0.05) is 11.3 Å². The van der Waals surface area contributed by atoms with Crippen LogP contribution in [0.3, 0.4) is 0 Å². The van der Waals surface area contributed by atoms with E-state index in [1.165, 1.54) is 11.3 Å². The van der Waals surface area contributed by atoms with Gasteiger partial charge in [0, 0.05) is 50.3 Å². The molecule has 156 valence electrons. The van der Waals surface area contributed by atoms with Crippen LogP contribution in [0.2, 0.25) is 0 Å². The molecule has 1 saturated heterocycles. The summed E-state index contributed by atoms with van der Waals surface area (Å²) in [5.41, 5.74) is 2.02. The highest BCUT2D eigenvalue weighted by atomic mass is 32.1. The lowest BCUT2D eigenvalue weighted by atomic mass is 9.95. The van der Waals surface area contributed by atoms with Crippen LogP contribution in [0.25, 0.3) is 4.96 Å². The van der Waals surface area contributed by atoms with E-state index in [9.17, 15) is 4.79 Å². The largest absolute Gasteiger partial charge is 0.383 e. The molecule has 10 heteroatoms. The molecule has 0 aromatic carbocycles.